The van der Waals surface area contributed by atoms with E-state index in [0.717, 1.165) is 16.7 Å². The smallest absolute Gasteiger partial charge is 0.295 e. The predicted octanol–water partition coefficient (Wildman–Crippen LogP) is 5.62. The Bertz CT molecular complexity index is 1640. The number of nitrogens with zero attached hydrogens (tertiary/aromatic N) is 2. The van der Waals surface area contributed by atoms with Gasteiger partial charge in [-0.1, -0.05) is 35.9 Å². The highest BCUT2D eigenvalue weighted by atomic mass is 16.5. The topological polar surface area (TPSA) is 107 Å². The molecule has 4 aromatic rings. The quantitative estimate of drug-likeness (QED) is 0.146. The summed E-state index contributed by atoms with van der Waals surface area (Å²) in [6.07, 6.45) is 3.25. The van der Waals surface area contributed by atoms with Crippen molar-refractivity contribution in [1.29, 1.82) is 0 Å². The number of hydrogen-bond acceptors (Lipinski definition) is 8. The Labute approximate surface area is 249 Å². The minimum absolute atomic E-state index is 0.0587. The van der Waals surface area contributed by atoms with Gasteiger partial charge in [0, 0.05) is 24.5 Å². The van der Waals surface area contributed by atoms with Crippen molar-refractivity contribution in [2.75, 3.05) is 21.3 Å². The summed E-state index contributed by atoms with van der Waals surface area (Å²) in [6.45, 7) is 2.49. The maximum absolute atomic E-state index is 13.6. The molecule has 0 aliphatic carbocycles. The highest BCUT2D eigenvalue weighted by Crippen LogP contribution is 2.46. The van der Waals surface area contributed by atoms with Gasteiger partial charge in [-0.2, -0.15) is 0 Å². The zero-order valence-corrected chi connectivity index (χ0v) is 24.4. The van der Waals surface area contributed by atoms with Gasteiger partial charge >= 0.3 is 0 Å². The number of aromatic nitrogens is 1. The lowest BCUT2D eigenvalue weighted by atomic mass is 9.94. The van der Waals surface area contributed by atoms with Crippen molar-refractivity contribution in [3.63, 3.8) is 0 Å². The average Bonchev–Trinajstić information content (AvgIpc) is 3.28. The van der Waals surface area contributed by atoms with Crippen LogP contribution in [0.25, 0.3) is 5.76 Å². The zero-order valence-electron chi connectivity index (χ0n) is 24.4. The Morgan fingerprint density at radius 2 is 1.58 bits per heavy atom. The molecule has 1 N–H and O–H groups in total. The molecule has 1 aliphatic heterocycles. The first kappa shape index (κ1) is 29.2. The summed E-state index contributed by atoms with van der Waals surface area (Å²) in [6, 6.07) is 20.7. The number of amides is 1. The standard InChI is InChI=1S/C34H32N2O7/c1-21-7-5-8-22(15-21)20-43-26-12-10-24(11-13-26)31(37)29-30(25-16-27(40-2)33(42-4)28(17-25)41-3)36(34(39)32(29)38)19-23-9-6-14-35-18-23/h5-18,30,37H,19-20H2,1-4H3/b31-29+. The Kier molecular flexibility index (Phi) is 8.61. The summed E-state index contributed by atoms with van der Waals surface area (Å²) in [7, 11) is 4.45. The van der Waals surface area contributed by atoms with Gasteiger partial charge in [0.1, 0.15) is 18.1 Å². The van der Waals surface area contributed by atoms with Gasteiger partial charge in [-0.15, -0.1) is 0 Å². The lowest BCUT2D eigenvalue weighted by Crippen LogP contribution is -2.29. The fraction of sp³-hybridized carbons (Fsp3) is 0.206. The van der Waals surface area contributed by atoms with Crippen molar-refractivity contribution in [3.8, 4) is 23.0 Å². The first-order valence-electron chi connectivity index (χ1n) is 13.6. The Balaban J connectivity index is 1.55. The van der Waals surface area contributed by atoms with Gasteiger partial charge in [0.15, 0.2) is 11.5 Å². The largest absolute Gasteiger partial charge is 0.507 e. The van der Waals surface area contributed by atoms with E-state index in [-0.39, 0.29) is 17.9 Å². The van der Waals surface area contributed by atoms with Gasteiger partial charge < -0.3 is 29.0 Å². The number of benzene rings is 3. The maximum atomic E-state index is 13.6. The number of ether oxygens (including phenoxy) is 4. The third kappa shape index (κ3) is 6.01. The number of hydrogen-bond donors (Lipinski definition) is 1. The SMILES string of the molecule is COc1cc(C2/C(=C(\O)c3ccc(OCc4cccc(C)c4)cc3)C(=O)C(=O)N2Cc2cccnc2)cc(OC)c1OC. The summed E-state index contributed by atoms with van der Waals surface area (Å²) in [4.78, 5) is 32.6. The molecule has 5 rings (SSSR count). The van der Waals surface area contributed by atoms with Crippen LogP contribution in [0.2, 0.25) is 0 Å². The highest BCUT2D eigenvalue weighted by molar-refractivity contribution is 6.46. The van der Waals surface area contributed by atoms with Gasteiger partial charge in [-0.25, -0.2) is 0 Å². The predicted molar refractivity (Wildman–Crippen MR) is 160 cm³/mol. The minimum Gasteiger partial charge on any atom is -0.507 e. The number of aliphatic hydroxyl groups is 1. The molecule has 1 amide bonds. The number of aryl methyl sites for hydroxylation is 1. The number of rotatable bonds is 10. The van der Waals surface area contributed by atoms with Crippen molar-refractivity contribution in [2.45, 2.75) is 26.1 Å². The van der Waals surface area contributed by atoms with Crippen LogP contribution in [0.5, 0.6) is 23.0 Å². The van der Waals surface area contributed by atoms with E-state index < -0.39 is 17.7 Å². The van der Waals surface area contributed by atoms with Gasteiger partial charge in [-0.05, 0) is 66.1 Å². The number of ketones is 1. The van der Waals surface area contributed by atoms with Gasteiger partial charge in [-0.3, -0.25) is 14.6 Å². The third-order valence-electron chi connectivity index (χ3n) is 7.23. The number of likely N-dealkylation sites (tertiary alicyclic amines) is 1. The molecule has 1 unspecified atom stereocenters. The van der Waals surface area contributed by atoms with Crippen molar-refractivity contribution in [1.82, 2.24) is 9.88 Å². The fourth-order valence-corrected chi connectivity index (χ4v) is 5.17. The lowest BCUT2D eigenvalue weighted by molar-refractivity contribution is -0.140. The number of carbonyl (C=O) groups excluding carboxylic acids is 2. The number of Topliss-reactive ketones (excluding diaryl/α,β-unsaturated/α-hetero) is 1. The van der Waals surface area contributed by atoms with Crippen LogP contribution in [0.3, 0.4) is 0 Å². The molecular formula is C34H32N2O7. The monoisotopic (exact) mass is 580 g/mol. The zero-order chi connectivity index (χ0) is 30.5. The first-order chi connectivity index (χ1) is 20.8. The molecular weight excluding hydrogens is 548 g/mol. The Morgan fingerprint density at radius 1 is 0.884 bits per heavy atom. The van der Waals surface area contributed by atoms with E-state index in [0.29, 0.717) is 40.7 Å². The van der Waals surface area contributed by atoms with Gasteiger partial charge in [0.05, 0.1) is 32.9 Å². The van der Waals surface area contributed by atoms with Crippen molar-refractivity contribution < 1.29 is 33.6 Å². The third-order valence-corrected chi connectivity index (χ3v) is 7.23. The Morgan fingerprint density at radius 3 is 2.19 bits per heavy atom. The molecule has 2 heterocycles. The van der Waals surface area contributed by atoms with Crippen molar-refractivity contribution in [3.05, 3.63) is 119 Å². The summed E-state index contributed by atoms with van der Waals surface area (Å²) in [5.41, 5.74) is 3.69. The second kappa shape index (κ2) is 12.7. The Hall–Kier alpha value is -5.31. The summed E-state index contributed by atoms with van der Waals surface area (Å²) in [5, 5.41) is 11.5. The molecule has 220 valence electrons. The summed E-state index contributed by atoms with van der Waals surface area (Å²) >= 11 is 0. The van der Waals surface area contributed by atoms with Crippen LogP contribution < -0.4 is 18.9 Å². The molecule has 43 heavy (non-hydrogen) atoms. The molecule has 0 spiro atoms. The van der Waals surface area contributed by atoms with E-state index in [9.17, 15) is 14.7 Å². The molecule has 1 aromatic heterocycles. The van der Waals surface area contributed by atoms with E-state index in [1.807, 2.05) is 37.3 Å². The maximum Gasteiger partial charge on any atom is 0.295 e. The van der Waals surface area contributed by atoms with Crippen molar-refractivity contribution in [2.24, 2.45) is 0 Å². The molecule has 0 radical (unpaired) electrons. The minimum atomic E-state index is -0.953. The first-order valence-corrected chi connectivity index (χ1v) is 13.6. The fourth-order valence-electron chi connectivity index (χ4n) is 5.17. The molecule has 9 nitrogen and oxygen atoms in total. The molecule has 0 bridgehead atoms. The number of methoxy groups -OCH3 is 3. The molecule has 3 aromatic carbocycles. The van der Waals surface area contributed by atoms with E-state index in [1.54, 1.807) is 54.9 Å². The molecule has 1 saturated heterocycles. The van der Waals surface area contributed by atoms with E-state index in [1.165, 1.54) is 26.2 Å². The second-order valence-electron chi connectivity index (χ2n) is 10.0. The van der Waals surface area contributed by atoms with Crippen LogP contribution >= 0.6 is 0 Å². The summed E-state index contributed by atoms with van der Waals surface area (Å²) in [5.74, 6) is -0.216. The van der Waals surface area contributed by atoms with Crippen LogP contribution in [0.4, 0.5) is 0 Å². The molecule has 0 saturated carbocycles. The van der Waals surface area contributed by atoms with Crippen LogP contribution in [0.1, 0.15) is 33.9 Å². The molecule has 1 atom stereocenters. The van der Waals surface area contributed by atoms with Crippen LogP contribution in [0, 0.1) is 6.92 Å². The molecule has 9 heteroatoms. The van der Waals surface area contributed by atoms with E-state index >= 15 is 0 Å². The van der Waals surface area contributed by atoms with Crippen LogP contribution in [-0.2, 0) is 22.7 Å². The normalized spacial score (nSPS) is 15.8. The van der Waals surface area contributed by atoms with E-state index in [2.05, 4.69) is 4.98 Å². The molecule has 1 aliphatic rings. The lowest BCUT2D eigenvalue weighted by Gasteiger charge is -2.26. The second-order valence-corrected chi connectivity index (χ2v) is 10.0. The van der Waals surface area contributed by atoms with Gasteiger partial charge in [0.2, 0.25) is 5.75 Å². The van der Waals surface area contributed by atoms with E-state index in [4.69, 9.17) is 18.9 Å². The highest BCUT2D eigenvalue weighted by Gasteiger charge is 2.46. The van der Waals surface area contributed by atoms with Crippen molar-refractivity contribution >= 4 is 17.4 Å². The number of carbonyl (C=O) groups is 2. The average molecular weight is 581 g/mol. The summed E-state index contributed by atoms with van der Waals surface area (Å²) < 4.78 is 22.5. The number of aliphatic hydroxyl groups excluding tert-OH is 1. The van der Waals surface area contributed by atoms with Crippen LogP contribution in [0.15, 0.2) is 90.8 Å². The van der Waals surface area contributed by atoms with Crippen LogP contribution in [-0.4, -0.2) is 48.0 Å². The number of pyridine rings is 1. The van der Waals surface area contributed by atoms with Gasteiger partial charge in [0.25, 0.3) is 11.7 Å². The molecule has 1 fully saturated rings.